The predicted molar refractivity (Wildman–Crippen MR) is 154 cm³/mol. The lowest BCUT2D eigenvalue weighted by Crippen LogP contribution is -2.35. The molecule has 2 aliphatic rings. The summed E-state index contributed by atoms with van der Waals surface area (Å²) in [5.41, 5.74) is 5.13. The molecule has 0 spiro atoms. The molecule has 0 aliphatic carbocycles. The summed E-state index contributed by atoms with van der Waals surface area (Å²) in [5, 5.41) is 0.981. The number of thiophene rings is 1. The highest BCUT2D eigenvalue weighted by molar-refractivity contribution is 7.22. The first kappa shape index (κ1) is 25.3. The molecule has 0 radical (unpaired) electrons. The summed E-state index contributed by atoms with van der Waals surface area (Å²) < 4.78 is 12.0. The summed E-state index contributed by atoms with van der Waals surface area (Å²) in [6.07, 6.45) is 2.56. The van der Waals surface area contributed by atoms with Crippen LogP contribution in [0.3, 0.4) is 0 Å². The summed E-state index contributed by atoms with van der Waals surface area (Å²) in [6, 6.07) is 22.9. The second kappa shape index (κ2) is 11.4. The van der Waals surface area contributed by atoms with E-state index in [2.05, 4.69) is 46.2 Å². The molecule has 3 heterocycles. The number of rotatable bonds is 8. The Kier molecular flexibility index (Phi) is 7.56. The van der Waals surface area contributed by atoms with Gasteiger partial charge in [0.25, 0.3) is 0 Å². The number of ketones is 1. The molecule has 0 atom stereocenters. The molecule has 1 aromatic heterocycles. The number of hydrogen-bond acceptors (Lipinski definition) is 6. The van der Waals surface area contributed by atoms with E-state index in [0.717, 1.165) is 76.8 Å². The molecule has 0 unspecified atom stereocenters. The topological polar surface area (TPSA) is 42.0 Å². The number of ether oxygens (including phenoxy) is 2. The number of benzene rings is 3. The third kappa shape index (κ3) is 5.40. The number of nitrogens with zero attached hydrogens (tertiary/aromatic N) is 2. The Balaban J connectivity index is 1.31. The Labute approximate surface area is 228 Å². The molecule has 0 saturated carbocycles. The molecule has 2 aliphatic heterocycles. The van der Waals surface area contributed by atoms with Crippen LogP contribution in [0.25, 0.3) is 20.5 Å². The molecule has 6 rings (SSSR count). The highest BCUT2D eigenvalue weighted by atomic mass is 32.1. The molecule has 5 nitrogen and oxygen atoms in total. The van der Waals surface area contributed by atoms with E-state index in [9.17, 15) is 4.79 Å². The largest absolute Gasteiger partial charge is 0.497 e. The second-order valence-corrected chi connectivity index (χ2v) is 11.3. The number of carbonyl (C=O) groups is 1. The van der Waals surface area contributed by atoms with Gasteiger partial charge in [-0.2, -0.15) is 0 Å². The average Bonchev–Trinajstić information content (AvgIpc) is 3.61. The van der Waals surface area contributed by atoms with Crippen molar-refractivity contribution >= 4 is 27.2 Å². The van der Waals surface area contributed by atoms with Crippen molar-refractivity contribution in [3.63, 3.8) is 0 Å². The van der Waals surface area contributed by atoms with Crippen molar-refractivity contribution in [2.75, 3.05) is 46.5 Å². The van der Waals surface area contributed by atoms with E-state index in [-0.39, 0.29) is 5.78 Å². The van der Waals surface area contributed by atoms with Crippen molar-refractivity contribution in [1.82, 2.24) is 9.80 Å². The number of methoxy groups -OCH3 is 1. The van der Waals surface area contributed by atoms with Crippen LogP contribution in [0.1, 0.15) is 39.9 Å². The zero-order valence-electron chi connectivity index (χ0n) is 21.9. The molecule has 0 amide bonds. The first-order valence-corrected chi connectivity index (χ1v) is 14.4. The Hall–Kier alpha value is -3.03. The summed E-state index contributed by atoms with van der Waals surface area (Å²) in [4.78, 5) is 19.9. The van der Waals surface area contributed by atoms with Crippen molar-refractivity contribution in [1.29, 1.82) is 0 Å². The third-order valence-corrected chi connectivity index (χ3v) is 8.87. The van der Waals surface area contributed by atoms with Gasteiger partial charge in [0.2, 0.25) is 0 Å². The minimum absolute atomic E-state index is 0.0709. The van der Waals surface area contributed by atoms with Crippen molar-refractivity contribution in [3.8, 4) is 16.2 Å². The smallest absolute Gasteiger partial charge is 0.195 e. The van der Waals surface area contributed by atoms with Gasteiger partial charge in [-0.15, -0.1) is 11.3 Å². The monoisotopic (exact) mass is 526 g/mol. The van der Waals surface area contributed by atoms with Crippen molar-refractivity contribution in [3.05, 3.63) is 89.0 Å². The summed E-state index contributed by atoms with van der Waals surface area (Å²) in [6.45, 7) is 7.74. The van der Waals surface area contributed by atoms with Gasteiger partial charge in [-0.05, 0) is 60.8 Å². The van der Waals surface area contributed by atoms with Gasteiger partial charge in [0.1, 0.15) is 5.75 Å². The van der Waals surface area contributed by atoms with E-state index in [1.54, 1.807) is 18.4 Å². The maximum atomic E-state index is 14.0. The van der Waals surface area contributed by atoms with Crippen molar-refractivity contribution in [2.24, 2.45) is 0 Å². The van der Waals surface area contributed by atoms with Crippen molar-refractivity contribution in [2.45, 2.75) is 25.9 Å². The van der Waals surface area contributed by atoms with Gasteiger partial charge in [0, 0.05) is 52.3 Å². The molecule has 3 aromatic carbocycles. The fourth-order valence-corrected chi connectivity index (χ4v) is 6.75. The van der Waals surface area contributed by atoms with E-state index in [4.69, 9.17) is 9.47 Å². The zero-order valence-corrected chi connectivity index (χ0v) is 22.8. The van der Waals surface area contributed by atoms with Crippen LogP contribution < -0.4 is 4.74 Å². The van der Waals surface area contributed by atoms with Gasteiger partial charge in [0.15, 0.2) is 5.78 Å². The van der Waals surface area contributed by atoms with E-state index >= 15 is 0 Å². The Morgan fingerprint density at radius 1 is 0.842 bits per heavy atom. The van der Waals surface area contributed by atoms with Crippen LogP contribution in [-0.4, -0.2) is 62.1 Å². The molecular weight excluding hydrogens is 492 g/mol. The number of fused-ring (bicyclic) bond motifs is 1. The van der Waals surface area contributed by atoms with Gasteiger partial charge >= 0.3 is 0 Å². The number of morpholine rings is 1. The maximum absolute atomic E-state index is 14.0. The minimum atomic E-state index is 0.0709. The summed E-state index contributed by atoms with van der Waals surface area (Å²) in [7, 11) is 1.68. The lowest BCUT2D eigenvalue weighted by Gasteiger charge is -2.26. The minimum Gasteiger partial charge on any atom is -0.497 e. The third-order valence-electron chi connectivity index (χ3n) is 7.67. The van der Waals surface area contributed by atoms with Crippen LogP contribution in [0.2, 0.25) is 0 Å². The standard InChI is InChI=1S/C32H34N2O3S/c1-36-27-12-13-28-29(20-27)38-32(26-10-6-24(7-11-26)22-34-16-18-37-19-17-34)30(28)31(35)25-8-4-23(5-9-25)21-33-14-2-3-15-33/h4-13,20H,2-3,14-19,21-22H2,1H3. The Bertz CT molecular complexity index is 1400. The molecule has 0 bridgehead atoms. The van der Waals surface area contributed by atoms with E-state index in [1.807, 2.05) is 30.3 Å². The van der Waals surface area contributed by atoms with Crippen LogP contribution in [0, 0.1) is 0 Å². The SMILES string of the molecule is COc1ccc2c(C(=O)c3ccc(CN4CCCC4)cc3)c(-c3ccc(CN4CCOCC4)cc3)sc2c1. The first-order valence-electron chi connectivity index (χ1n) is 13.5. The van der Waals surface area contributed by atoms with Gasteiger partial charge in [0.05, 0.1) is 20.3 Å². The second-order valence-electron chi connectivity index (χ2n) is 10.3. The van der Waals surface area contributed by atoms with Gasteiger partial charge < -0.3 is 9.47 Å². The lowest BCUT2D eigenvalue weighted by molar-refractivity contribution is 0.0342. The van der Waals surface area contributed by atoms with Gasteiger partial charge in [-0.25, -0.2) is 0 Å². The highest BCUT2D eigenvalue weighted by Crippen LogP contribution is 2.41. The quantitative estimate of drug-likeness (QED) is 0.255. The molecular formula is C32H34N2O3S. The number of hydrogen-bond donors (Lipinski definition) is 0. The van der Waals surface area contributed by atoms with Crippen LogP contribution in [0.4, 0.5) is 0 Å². The van der Waals surface area contributed by atoms with E-state index in [1.165, 1.54) is 37.1 Å². The summed E-state index contributed by atoms with van der Waals surface area (Å²) in [5.74, 6) is 0.873. The molecule has 0 N–H and O–H groups in total. The van der Waals surface area contributed by atoms with Crippen molar-refractivity contribution < 1.29 is 14.3 Å². The summed E-state index contributed by atoms with van der Waals surface area (Å²) >= 11 is 1.66. The zero-order chi connectivity index (χ0) is 25.9. The Morgan fingerprint density at radius 3 is 2.13 bits per heavy atom. The van der Waals surface area contributed by atoms with Gasteiger partial charge in [-0.3, -0.25) is 14.6 Å². The fourth-order valence-electron chi connectivity index (χ4n) is 5.52. The lowest BCUT2D eigenvalue weighted by atomic mass is 9.96. The van der Waals surface area contributed by atoms with E-state index < -0.39 is 0 Å². The van der Waals surface area contributed by atoms with E-state index in [0.29, 0.717) is 0 Å². The average molecular weight is 527 g/mol. The Morgan fingerprint density at radius 2 is 1.47 bits per heavy atom. The predicted octanol–water partition coefficient (Wildman–Crippen LogP) is 6.24. The molecule has 2 saturated heterocycles. The molecule has 2 fully saturated rings. The fraction of sp³-hybridized carbons (Fsp3) is 0.344. The normalized spacial score (nSPS) is 16.8. The number of carbonyl (C=O) groups excluding carboxylic acids is 1. The molecule has 6 heteroatoms. The van der Waals surface area contributed by atoms with Crippen LogP contribution in [0.15, 0.2) is 66.7 Å². The van der Waals surface area contributed by atoms with Crippen LogP contribution >= 0.6 is 11.3 Å². The number of likely N-dealkylation sites (tertiary alicyclic amines) is 1. The molecule has 38 heavy (non-hydrogen) atoms. The first-order chi connectivity index (χ1) is 18.7. The highest BCUT2D eigenvalue weighted by Gasteiger charge is 2.22. The maximum Gasteiger partial charge on any atom is 0.195 e. The van der Waals surface area contributed by atoms with Crippen LogP contribution in [0.5, 0.6) is 5.75 Å². The van der Waals surface area contributed by atoms with Crippen LogP contribution in [-0.2, 0) is 17.8 Å². The van der Waals surface area contributed by atoms with Gasteiger partial charge in [-0.1, -0.05) is 48.5 Å². The molecule has 4 aromatic rings. The molecule has 196 valence electrons.